The Morgan fingerprint density at radius 1 is 1.24 bits per heavy atom. The summed E-state index contributed by atoms with van der Waals surface area (Å²) in [7, 11) is 0. The summed E-state index contributed by atoms with van der Waals surface area (Å²) in [6, 6.07) is 11.6. The van der Waals surface area contributed by atoms with Crippen LogP contribution in [0.25, 0.3) is 21.2 Å². The highest BCUT2D eigenvalue weighted by atomic mass is 35.5. The average Bonchev–Trinajstić information content (AvgIpc) is 2.97. The van der Waals surface area contributed by atoms with Crippen LogP contribution < -0.4 is 10.7 Å². The first-order valence-electron chi connectivity index (χ1n) is 7.42. The molecular weight excluding hydrogens is 360 g/mol. The molecule has 0 aliphatic heterocycles. The van der Waals surface area contributed by atoms with Crippen LogP contribution in [0.3, 0.4) is 0 Å². The topological polar surface area (TPSA) is 72.2 Å². The van der Waals surface area contributed by atoms with Crippen LogP contribution in [0.15, 0.2) is 51.7 Å². The van der Waals surface area contributed by atoms with E-state index in [4.69, 9.17) is 16.0 Å². The molecule has 1 amide bonds. The van der Waals surface area contributed by atoms with E-state index < -0.39 is 5.91 Å². The van der Waals surface area contributed by atoms with Crippen molar-refractivity contribution >= 4 is 55.2 Å². The SMILES string of the molecule is Cc1cc(Cl)cc2sc(NC(=O)c3cc(=O)c4ccccc4o3)nc12. The van der Waals surface area contributed by atoms with Crippen molar-refractivity contribution in [2.75, 3.05) is 5.32 Å². The molecule has 0 unspecified atom stereocenters. The number of nitrogens with zero attached hydrogens (tertiary/aromatic N) is 1. The third-order valence-electron chi connectivity index (χ3n) is 3.73. The van der Waals surface area contributed by atoms with E-state index in [1.807, 2.05) is 13.0 Å². The molecule has 0 fully saturated rings. The van der Waals surface area contributed by atoms with Crippen molar-refractivity contribution in [2.45, 2.75) is 6.92 Å². The first-order chi connectivity index (χ1) is 12.0. The van der Waals surface area contributed by atoms with Gasteiger partial charge in [-0.05, 0) is 36.8 Å². The number of nitrogens with one attached hydrogen (secondary N) is 1. The van der Waals surface area contributed by atoms with Crippen molar-refractivity contribution in [1.29, 1.82) is 0 Å². The molecule has 0 bridgehead atoms. The maximum absolute atomic E-state index is 12.4. The van der Waals surface area contributed by atoms with E-state index in [0.717, 1.165) is 15.8 Å². The van der Waals surface area contributed by atoms with Gasteiger partial charge in [-0.2, -0.15) is 0 Å². The monoisotopic (exact) mass is 370 g/mol. The van der Waals surface area contributed by atoms with Gasteiger partial charge in [-0.3, -0.25) is 14.9 Å². The van der Waals surface area contributed by atoms with Crippen molar-refractivity contribution < 1.29 is 9.21 Å². The summed E-state index contributed by atoms with van der Waals surface area (Å²) in [5.41, 5.74) is 1.81. The largest absolute Gasteiger partial charge is 0.451 e. The summed E-state index contributed by atoms with van der Waals surface area (Å²) in [4.78, 5) is 29.0. The second-order valence-electron chi connectivity index (χ2n) is 5.51. The summed E-state index contributed by atoms with van der Waals surface area (Å²) in [5.74, 6) is -0.580. The molecule has 7 heteroatoms. The lowest BCUT2D eigenvalue weighted by molar-refractivity contribution is 0.0997. The molecule has 4 rings (SSSR count). The molecule has 1 N–H and O–H groups in total. The number of carbonyl (C=O) groups is 1. The van der Waals surface area contributed by atoms with Crippen LogP contribution in [0.4, 0.5) is 5.13 Å². The highest BCUT2D eigenvalue weighted by Crippen LogP contribution is 2.31. The van der Waals surface area contributed by atoms with Crippen LogP contribution in [0.5, 0.6) is 0 Å². The van der Waals surface area contributed by atoms with E-state index in [1.54, 1.807) is 30.3 Å². The predicted molar refractivity (Wildman–Crippen MR) is 99.8 cm³/mol. The van der Waals surface area contributed by atoms with E-state index in [1.165, 1.54) is 17.4 Å². The second-order valence-corrected chi connectivity index (χ2v) is 6.98. The molecule has 5 nitrogen and oxygen atoms in total. The number of hydrogen-bond donors (Lipinski definition) is 1. The van der Waals surface area contributed by atoms with Crippen LogP contribution in [-0.4, -0.2) is 10.9 Å². The van der Waals surface area contributed by atoms with Crippen LogP contribution in [-0.2, 0) is 0 Å². The quantitative estimate of drug-likeness (QED) is 0.559. The lowest BCUT2D eigenvalue weighted by atomic mass is 10.2. The van der Waals surface area contributed by atoms with Crippen LogP contribution in [0, 0.1) is 6.92 Å². The van der Waals surface area contributed by atoms with Crippen molar-refractivity contribution in [1.82, 2.24) is 4.98 Å². The molecule has 0 atom stereocenters. The zero-order valence-corrected chi connectivity index (χ0v) is 14.6. The number of thiazole rings is 1. The minimum atomic E-state index is -0.523. The van der Waals surface area contributed by atoms with Gasteiger partial charge in [-0.25, -0.2) is 4.98 Å². The van der Waals surface area contributed by atoms with Crippen molar-refractivity contribution in [3.63, 3.8) is 0 Å². The lowest BCUT2D eigenvalue weighted by Crippen LogP contribution is -2.14. The van der Waals surface area contributed by atoms with Gasteiger partial charge in [0.1, 0.15) is 5.58 Å². The van der Waals surface area contributed by atoms with Gasteiger partial charge in [0, 0.05) is 11.1 Å². The Balaban J connectivity index is 1.70. The molecule has 25 heavy (non-hydrogen) atoms. The average molecular weight is 371 g/mol. The molecule has 124 valence electrons. The molecule has 2 aromatic heterocycles. The third-order valence-corrected chi connectivity index (χ3v) is 4.87. The van der Waals surface area contributed by atoms with Gasteiger partial charge in [0.2, 0.25) is 0 Å². The van der Waals surface area contributed by atoms with E-state index >= 15 is 0 Å². The summed E-state index contributed by atoms with van der Waals surface area (Å²) in [5, 5.41) is 4.15. The van der Waals surface area contributed by atoms with Crippen LogP contribution in [0.1, 0.15) is 16.1 Å². The Morgan fingerprint density at radius 3 is 2.88 bits per heavy atom. The van der Waals surface area contributed by atoms with E-state index in [-0.39, 0.29) is 11.2 Å². The van der Waals surface area contributed by atoms with Gasteiger partial charge in [-0.15, -0.1) is 0 Å². The number of para-hydroxylation sites is 1. The highest BCUT2D eigenvalue weighted by Gasteiger charge is 2.15. The van der Waals surface area contributed by atoms with E-state index in [9.17, 15) is 9.59 Å². The number of hydrogen-bond acceptors (Lipinski definition) is 5. The zero-order chi connectivity index (χ0) is 17.6. The molecule has 4 aromatic rings. The number of carbonyl (C=O) groups excluding carboxylic acids is 1. The minimum Gasteiger partial charge on any atom is -0.451 e. The highest BCUT2D eigenvalue weighted by molar-refractivity contribution is 7.22. The number of halogens is 1. The normalized spacial score (nSPS) is 11.1. The fraction of sp³-hybridized carbons (Fsp3) is 0.0556. The number of anilines is 1. The first kappa shape index (κ1) is 15.8. The molecule has 0 saturated carbocycles. The van der Waals surface area contributed by atoms with Gasteiger partial charge in [0.05, 0.1) is 15.6 Å². The Hall–Kier alpha value is -2.70. The predicted octanol–water partition coefficient (Wildman–Crippen LogP) is 4.62. The number of aromatic nitrogens is 1. The number of benzene rings is 2. The lowest BCUT2D eigenvalue weighted by Gasteiger charge is -2.02. The van der Waals surface area contributed by atoms with Crippen LogP contribution in [0.2, 0.25) is 5.02 Å². The fourth-order valence-corrected chi connectivity index (χ4v) is 3.90. The molecule has 2 heterocycles. The second kappa shape index (κ2) is 5.98. The van der Waals surface area contributed by atoms with Crippen molar-refractivity contribution in [2.24, 2.45) is 0 Å². The molecule has 0 saturated heterocycles. The van der Waals surface area contributed by atoms with Gasteiger partial charge in [-0.1, -0.05) is 35.1 Å². The Morgan fingerprint density at radius 2 is 2.04 bits per heavy atom. The zero-order valence-electron chi connectivity index (χ0n) is 13.0. The number of rotatable bonds is 2. The first-order valence-corrected chi connectivity index (χ1v) is 8.61. The van der Waals surface area contributed by atoms with Gasteiger partial charge in [0.25, 0.3) is 5.91 Å². The smallest absolute Gasteiger partial charge is 0.293 e. The van der Waals surface area contributed by atoms with Gasteiger partial charge in [0.15, 0.2) is 16.3 Å². The third kappa shape index (κ3) is 2.90. The maximum Gasteiger partial charge on any atom is 0.293 e. The van der Waals surface area contributed by atoms with E-state index in [2.05, 4.69) is 10.3 Å². The standard InChI is InChI=1S/C18H11ClN2O3S/c1-9-6-10(19)7-15-16(9)20-18(25-15)21-17(23)14-8-12(22)11-4-2-3-5-13(11)24-14/h2-8H,1H3,(H,20,21,23). The summed E-state index contributed by atoms with van der Waals surface area (Å²) in [6.45, 7) is 1.90. The van der Waals surface area contributed by atoms with Crippen LogP contribution >= 0.6 is 22.9 Å². The fourth-order valence-electron chi connectivity index (χ4n) is 2.58. The number of fused-ring (bicyclic) bond motifs is 2. The minimum absolute atomic E-state index is 0.0577. The van der Waals surface area contributed by atoms with Gasteiger partial charge >= 0.3 is 0 Å². The number of amides is 1. The molecule has 0 radical (unpaired) electrons. The summed E-state index contributed by atoms with van der Waals surface area (Å²) >= 11 is 7.36. The molecule has 0 aliphatic rings. The van der Waals surface area contributed by atoms with Crippen molar-refractivity contribution in [3.8, 4) is 0 Å². The number of aryl methyl sites for hydroxylation is 1. The maximum atomic E-state index is 12.4. The molecular formula is C18H11ClN2O3S. The summed E-state index contributed by atoms with van der Waals surface area (Å²) in [6.07, 6.45) is 0. The van der Waals surface area contributed by atoms with Gasteiger partial charge < -0.3 is 4.42 Å². The Bertz CT molecular complexity index is 1200. The van der Waals surface area contributed by atoms with Crippen molar-refractivity contribution in [3.05, 3.63) is 69.0 Å². The Labute approximate surface area is 150 Å². The van der Waals surface area contributed by atoms with E-state index in [0.29, 0.717) is 21.1 Å². The molecule has 0 spiro atoms. The molecule has 2 aromatic carbocycles. The molecule has 0 aliphatic carbocycles. The Kier molecular flexibility index (Phi) is 3.78. The summed E-state index contributed by atoms with van der Waals surface area (Å²) < 4.78 is 6.41.